The second-order valence-electron chi connectivity index (χ2n) is 6.38. The minimum Gasteiger partial charge on any atom is -0.326 e. The number of carbonyl (C=O) groups excluding carboxylic acids is 1. The van der Waals surface area contributed by atoms with Crippen LogP contribution in [-0.4, -0.2) is 29.3 Å². The zero-order chi connectivity index (χ0) is 20.1. The number of benzene rings is 2. The van der Waals surface area contributed by atoms with Gasteiger partial charge in [0.15, 0.2) is 11.6 Å². The summed E-state index contributed by atoms with van der Waals surface area (Å²) >= 11 is 0. The zero-order valence-electron chi connectivity index (χ0n) is 15.3. The van der Waals surface area contributed by atoms with Crippen molar-refractivity contribution in [3.8, 4) is 0 Å². The van der Waals surface area contributed by atoms with Crippen molar-refractivity contribution in [1.82, 2.24) is 4.90 Å². The first-order valence-electron chi connectivity index (χ1n) is 8.39. The molecule has 0 fully saturated rings. The molecule has 0 saturated heterocycles. The van der Waals surface area contributed by atoms with E-state index in [1.54, 1.807) is 20.0 Å². The first-order chi connectivity index (χ1) is 12.7. The van der Waals surface area contributed by atoms with Gasteiger partial charge in [0.05, 0.1) is 10.6 Å². The van der Waals surface area contributed by atoms with Gasteiger partial charge in [-0.2, -0.15) is 0 Å². The number of nitrogens with zero attached hydrogens (tertiary/aromatic N) is 2. The summed E-state index contributed by atoms with van der Waals surface area (Å²) in [6, 6.07) is 7.78. The zero-order valence-corrected chi connectivity index (χ0v) is 15.3. The Morgan fingerprint density at radius 1 is 1.22 bits per heavy atom. The number of hydrogen-bond acceptors (Lipinski definition) is 4. The van der Waals surface area contributed by atoms with Gasteiger partial charge in [0.2, 0.25) is 5.91 Å². The highest BCUT2D eigenvalue weighted by Gasteiger charge is 2.16. The van der Waals surface area contributed by atoms with E-state index in [4.69, 9.17) is 0 Å². The Bertz CT molecular complexity index is 858. The third-order valence-electron chi connectivity index (χ3n) is 4.48. The molecule has 0 aromatic heterocycles. The normalized spacial score (nSPS) is 12.1. The van der Waals surface area contributed by atoms with Crippen LogP contribution in [0.3, 0.4) is 0 Å². The monoisotopic (exact) mass is 377 g/mol. The van der Waals surface area contributed by atoms with Crippen molar-refractivity contribution in [3.63, 3.8) is 0 Å². The maximum Gasteiger partial charge on any atom is 0.271 e. The summed E-state index contributed by atoms with van der Waals surface area (Å²) < 4.78 is 26.4. The third-order valence-corrected chi connectivity index (χ3v) is 4.48. The molecule has 2 rings (SSSR count). The molecule has 1 N–H and O–H groups in total. The molecular weight excluding hydrogens is 356 g/mol. The topological polar surface area (TPSA) is 75.5 Å². The Kier molecular flexibility index (Phi) is 6.57. The van der Waals surface area contributed by atoms with Crippen LogP contribution in [0.5, 0.6) is 0 Å². The number of nitro groups is 1. The molecule has 0 heterocycles. The second-order valence-corrected chi connectivity index (χ2v) is 6.38. The van der Waals surface area contributed by atoms with E-state index in [0.717, 1.165) is 17.7 Å². The average Bonchev–Trinajstić information content (AvgIpc) is 2.63. The minimum absolute atomic E-state index is 0.0972. The molecule has 2 aromatic rings. The van der Waals surface area contributed by atoms with E-state index in [1.807, 2.05) is 11.8 Å². The van der Waals surface area contributed by atoms with Gasteiger partial charge >= 0.3 is 0 Å². The minimum atomic E-state index is -0.911. The predicted octanol–water partition coefficient (Wildman–Crippen LogP) is 4.20. The summed E-state index contributed by atoms with van der Waals surface area (Å²) in [5.74, 6) is -2.10. The van der Waals surface area contributed by atoms with Crippen molar-refractivity contribution in [2.45, 2.75) is 26.3 Å². The fraction of sp³-hybridized carbons (Fsp3) is 0.316. The van der Waals surface area contributed by atoms with Crippen molar-refractivity contribution in [1.29, 1.82) is 0 Å². The number of rotatable bonds is 7. The van der Waals surface area contributed by atoms with Gasteiger partial charge in [0, 0.05) is 31.1 Å². The molecule has 8 heteroatoms. The smallest absolute Gasteiger partial charge is 0.271 e. The molecule has 1 atom stereocenters. The standard InChI is InChI=1S/C19H21F2N3O3/c1-12-4-6-15(24(26)27)11-18(12)22-19(25)8-9-23(3)13(2)14-5-7-16(20)17(21)10-14/h4-7,10-11,13H,8-9H2,1-3H3,(H,22,25). The Balaban J connectivity index is 1.95. The molecule has 0 aliphatic rings. The predicted molar refractivity (Wildman–Crippen MR) is 98.5 cm³/mol. The molecule has 27 heavy (non-hydrogen) atoms. The largest absolute Gasteiger partial charge is 0.326 e. The first-order valence-corrected chi connectivity index (χ1v) is 8.39. The van der Waals surface area contributed by atoms with Crippen molar-refractivity contribution in [2.75, 3.05) is 18.9 Å². The van der Waals surface area contributed by atoms with Gasteiger partial charge < -0.3 is 5.32 Å². The lowest BCUT2D eigenvalue weighted by Gasteiger charge is -2.25. The lowest BCUT2D eigenvalue weighted by Crippen LogP contribution is -2.27. The van der Waals surface area contributed by atoms with Gasteiger partial charge in [-0.25, -0.2) is 8.78 Å². The molecule has 6 nitrogen and oxygen atoms in total. The Hall–Kier alpha value is -2.87. The molecular formula is C19H21F2N3O3. The first kappa shape index (κ1) is 20.4. The van der Waals surface area contributed by atoms with E-state index in [-0.39, 0.29) is 24.1 Å². The Labute approximate surface area is 155 Å². The van der Waals surface area contributed by atoms with E-state index in [1.165, 1.54) is 18.2 Å². The number of halogens is 2. The van der Waals surface area contributed by atoms with Gasteiger partial charge in [0.1, 0.15) is 0 Å². The fourth-order valence-corrected chi connectivity index (χ4v) is 2.57. The molecule has 0 aliphatic heterocycles. The van der Waals surface area contributed by atoms with Crippen LogP contribution >= 0.6 is 0 Å². The van der Waals surface area contributed by atoms with Crippen LogP contribution in [0.15, 0.2) is 36.4 Å². The summed E-state index contributed by atoms with van der Waals surface area (Å²) in [4.78, 5) is 24.4. The van der Waals surface area contributed by atoms with Gasteiger partial charge in [0.25, 0.3) is 5.69 Å². The average molecular weight is 377 g/mol. The maximum atomic E-state index is 13.4. The number of non-ortho nitro benzene ring substituents is 1. The van der Waals surface area contributed by atoms with Gasteiger partial charge in [-0.15, -0.1) is 0 Å². The van der Waals surface area contributed by atoms with Gasteiger partial charge in [-0.1, -0.05) is 12.1 Å². The van der Waals surface area contributed by atoms with Crippen LogP contribution in [0.4, 0.5) is 20.2 Å². The summed E-state index contributed by atoms with van der Waals surface area (Å²) in [5, 5.41) is 13.5. The summed E-state index contributed by atoms with van der Waals surface area (Å²) in [7, 11) is 1.78. The van der Waals surface area contributed by atoms with Crippen molar-refractivity contribution in [3.05, 3.63) is 69.3 Å². The van der Waals surface area contributed by atoms with E-state index in [2.05, 4.69) is 5.32 Å². The van der Waals surface area contributed by atoms with Crippen LogP contribution in [0.1, 0.15) is 30.5 Å². The molecule has 0 radical (unpaired) electrons. The van der Waals surface area contributed by atoms with Crippen LogP contribution in [-0.2, 0) is 4.79 Å². The van der Waals surface area contributed by atoms with Gasteiger partial charge in [-0.05, 0) is 44.2 Å². The molecule has 2 aromatic carbocycles. The lowest BCUT2D eigenvalue weighted by molar-refractivity contribution is -0.384. The van der Waals surface area contributed by atoms with E-state index >= 15 is 0 Å². The molecule has 1 amide bonds. The highest BCUT2D eigenvalue weighted by Crippen LogP contribution is 2.23. The molecule has 0 bridgehead atoms. The molecule has 0 aliphatic carbocycles. The van der Waals surface area contributed by atoms with Crippen molar-refractivity contribution >= 4 is 17.3 Å². The van der Waals surface area contributed by atoms with E-state index in [0.29, 0.717) is 17.8 Å². The number of hydrogen-bond donors (Lipinski definition) is 1. The van der Waals surface area contributed by atoms with Crippen LogP contribution < -0.4 is 5.32 Å². The van der Waals surface area contributed by atoms with Crippen molar-refractivity contribution < 1.29 is 18.5 Å². The molecule has 1 unspecified atom stereocenters. The fourth-order valence-electron chi connectivity index (χ4n) is 2.57. The highest BCUT2D eigenvalue weighted by molar-refractivity contribution is 5.92. The second kappa shape index (κ2) is 8.68. The number of carbonyl (C=O) groups is 1. The lowest BCUT2D eigenvalue weighted by atomic mass is 10.1. The summed E-state index contributed by atoms with van der Waals surface area (Å²) in [6.45, 7) is 3.95. The van der Waals surface area contributed by atoms with Crippen LogP contribution in [0, 0.1) is 28.7 Å². The van der Waals surface area contributed by atoms with E-state index < -0.39 is 16.6 Å². The highest BCUT2D eigenvalue weighted by atomic mass is 19.2. The number of aryl methyl sites for hydroxylation is 1. The molecule has 0 saturated carbocycles. The van der Waals surface area contributed by atoms with Gasteiger partial charge in [-0.3, -0.25) is 19.8 Å². The molecule has 0 spiro atoms. The van der Waals surface area contributed by atoms with Crippen LogP contribution in [0.25, 0.3) is 0 Å². The Morgan fingerprint density at radius 3 is 2.56 bits per heavy atom. The number of amides is 1. The molecule has 144 valence electrons. The quantitative estimate of drug-likeness (QED) is 0.579. The number of anilines is 1. The maximum absolute atomic E-state index is 13.4. The van der Waals surface area contributed by atoms with E-state index in [9.17, 15) is 23.7 Å². The van der Waals surface area contributed by atoms with Crippen LogP contribution in [0.2, 0.25) is 0 Å². The number of nitro benzene ring substituents is 1. The SMILES string of the molecule is Cc1ccc([N+](=O)[O-])cc1NC(=O)CCN(C)C(C)c1ccc(F)c(F)c1. The Morgan fingerprint density at radius 2 is 1.93 bits per heavy atom. The summed E-state index contributed by atoms with van der Waals surface area (Å²) in [6.07, 6.45) is 0.145. The number of nitrogens with one attached hydrogen (secondary N) is 1. The van der Waals surface area contributed by atoms with Crippen molar-refractivity contribution in [2.24, 2.45) is 0 Å². The third kappa shape index (κ3) is 5.30. The summed E-state index contributed by atoms with van der Waals surface area (Å²) in [5.41, 5.74) is 1.62.